The third kappa shape index (κ3) is 3.94. The van der Waals surface area contributed by atoms with Crippen LogP contribution in [0.2, 0.25) is 0 Å². The van der Waals surface area contributed by atoms with Crippen molar-refractivity contribution in [2.75, 3.05) is 0 Å². The van der Waals surface area contributed by atoms with Crippen LogP contribution in [0.1, 0.15) is 36.6 Å². The Morgan fingerprint density at radius 1 is 1.00 bits per heavy atom. The molecule has 33 heavy (non-hydrogen) atoms. The van der Waals surface area contributed by atoms with Gasteiger partial charge in [-0.25, -0.2) is 10.4 Å². The third-order valence-electron chi connectivity index (χ3n) is 5.30. The van der Waals surface area contributed by atoms with Crippen LogP contribution in [0.4, 0.5) is 0 Å². The van der Waals surface area contributed by atoms with E-state index in [2.05, 4.69) is 46.4 Å². The Hall–Kier alpha value is -3.76. The van der Waals surface area contributed by atoms with Crippen molar-refractivity contribution in [1.82, 2.24) is 39.3 Å². The topological polar surface area (TPSA) is 111 Å². The molecule has 9 nitrogen and oxygen atoms in total. The fourth-order valence-corrected chi connectivity index (χ4v) is 3.43. The van der Waals surface area contributed by atoms with Crippen LogP contribution in [0.3, 0.4) is 0 Å². The van der Waals surface area contributed by atoms with Gasteiger partial charge < -0.3 is 14.2 Å². The van der Waals surface area contributed by atoms with E-state index in [1.165, 1.54) is 17.1 Å². The van der Waals surface area contributed by atoms with Crippen molar-refractivity contribution in [3.63, 3.8) is 0 Å². The van der Waals surface area contributed by atoms with E-state index >= 15 is 0 Å². The van der Waals surface area contributed by atoms with Gasteiger partial charge in [-0.1, -0.05) is 30.5 Å². The van der Waals surface area contributed by atoms with Crippen molar-refractivity contribution in [2.45, 2.75) is 26.2 Å². The number of hydrogen-bond donors (Lipinski definition) is 0. The van der Waals surface area contributed by atoms with Crippen LogP contribution in [0.25, 0.3) is 22.8 Å². The summed E-state index contributed by atoms with van der Waals surface area (Å²) >= 11 is 0. The zero-order valence-corrected chi connectivity index (χ0v) is 20.2. The molecule has 0 aromatic carbocycles. The van der Waals surface area contributed by atoms with Crippen LogP contribution in [-0.2, 0) is 26.5 Å². The number of aryl methyl sites for hydroxylation is 1. The molecule has 164 valence electrons. The minimum Gasteiger partial charge on any atom is -0.396 e. The molecule has 0 saturated carbocycles. The quantitative estimate of drug-likeness (QED) is 0.287. The van der Waals surface area contributed by atoms with Gasteiger partial charge in [-0.2, -0.15) is 0 Å². The fraction of sp³-hybridized carbons (Fsp3) is 0.174. The molecule has 0 atom stereocenters. The Bertz CT molecular complexity index is 1490. The second-order valence-corrected chi connectivity index (χ2v) is 7.75. The summed E-state index contributed by atoms with van der Waals surface area (Å²) in [7, 11) is 0. The number of hydrogen-bond acceptors (Lipinski definition) is 7. The molecule has 0 fully saturated rings. The van der Waals surface area contributed by atoms with Crippen molar-refractivity contribution in [3.05, 3.63) is 84.1 Å². The molecule has 0 unspecified atom stereocenters. The summed E-state index contributed by atoms with van der Waals surface area (Å²) in [5, 5.41) is 13.2. The molecule has 0 radical (unpaired) electrons. The molecule has 0 saturated heterocycles. The summed E-state index contributed by atoms with van der Waals surface area (Å²) in [6.45, 7) is 6.00. The number of imidazole rings is 1. The molecule has 5 rings (SSSR count). The molecule has 5 aromatic heterocycles. The van der Waals surface area contributed by atoms with Crippen LogP contribution >= 0.6 is 0 Å². The third-order valence-corrected chi connectivity index (χ3v) is 5.30. The second-order valence-electron chi connectivity index (χ2n) is 7.75. The minimum atomic E-state index is -0.515. The monoisotopic (exact) mass is 614 g/mol. The summed E-state index contributed by atoms with van der Waals surface area (Å²) in [6, 6.07) is 15.0. The molecule has 5 heterocycles. The first-order valence-electron chi connectivity index (χ1n) is 9.89. The number of nitrogens with zero attached hydrogens (tertiary/aromatic N) is 9. The van der Waals surface area contributed by atoms with E-state index in [4.69, 9.17) is 15.2 Å². The second kappa shape index (κ2) is 8.64. The molecule has 0 spiro atoms. The van der Waals surface area contributed by atoms with Gasteiger partial charge in [0.1, 0.15) is 6.33 Å². The Labute approximate surface area is 204 Å². The van der Waals surface area contributed by atoms with Gasteiger partial charge in [0.05, 0.1) is 23.4 Å². The van der Waals surface area contributed by atoms with Crippen LogP contribution in [0.15, 0.2) is 48.8 Å². The summed E-state index contributed by atoms with van der Waals surface area (Å²) in [5.74, 6) is 1.24. The summed E-state index contributed by atoms with van der Waals surface area (Å²) < 4.78 is 3.20. The van der Waals surface area contributed by atoms with Gasteiger partial charge in [0.15, 0.2) is 0 Å². The van der Waals surface area contributed by atoms with E-state index in [-0.39, 0.29) is 26.8 Å². The van der Waals surface area contributed by atoms with Crippen LogP contribution in [-0.4, -0.2) is 39.3 Å². The summed E-state index contributed by atoms with van der Waals surface area (Å²) in [6.07, 6.45) is 7.40. The molecule has 0 aliphatic rings. The predicted molar refractivity (Wildman–Crippen MR) is 115 cm³/mol. The first-order valence-corrected chi connectivity index (χ1v) is 9.89. The van der Waals surface area contributed by atoms with Crippen molar-refractivity contribution in [3.8, 4) is 17.7 Å². The fourth-order valence-electron chi connectivity index (χ4n) is 3.43. The number of aromatic nitrogens is 8. The van der Waals surface area contributed by atoms with E-state index in [0.29, 0.717) is 22.8 Å². The first kappa shape index (κ1) is 22.4. The van der Waals surface area contributed by atoms with E-state index in [9.17, 15) is 0 Å². The zero-order chi connectivity index (χ0) is 22.3. The van der Waals surface area contributed by atoms with Gasteiger partial charge in [0, 0.05) is 40.0 Å². The van der Waals surface area contributed by atoms with Gasteiger partial charge in [0.2, 0.25) is 0 Å². The van der Waals surface area contributed by atoms with Gasteiger partial charge in [-0.3, -0.25) is 19.9 Å². The molecule has 0 aliphatic carbocycles. The number of rotatable bonds is 4. The Morgan fingerprint density at radius 2 is 1.70 bits per heavy atom. The van der Waals surface area contributed by atoms with E-state index in [1.54, 1.807) is 4.57 Å². The molecule has 10 heteroatoms. The van der Waals surface area contributed by atoms with Gasteiger partial charge in [0.25, 0.3) is 0 Å². The maximum absolute atomic E-state index is 9.02. The average Bonchev–Trinajstić information content (AvgIpc) is 3.47. The molecular formula is C23H17N9Pt. The van der Waals surface area contributed by atoms with Crippen LogP contribution in [0, 0.1) is 30.8 Å². The maximum atomic E-state index is 9.02. The Balaban J connectivity index is 0.00000259. The minimum absolute atomic E-state index is 0. The van der Waals surface area contributed by atoms with Crippen molar-refractivity contribution >= 4 is 11.2 Å². The number of nitriles is 1. The van der Waals surface area contributed by atoms with Crippen molar-refractivity contribution < 1.29 is 21.1 Å². The summed E-state index contributed by atoms with van der Waals surface area (Å²) in [5.41, 5.74) is 3.54. The molecule has 0 N–H and O–H groups in total. The first-order chi connectivity index (χ1) is 15.5. The largest absolute Gasteiger partial charge is 2.00 e. The SMILES string of the molecule is Cc1ncnc2c1n[c-]n2-c1cccc(C(C)(C)c2cccc(-n3[c-]cc(C#N)n3)n2)n1.[Pt+2]. The number of pyridine rings is 2. The Kier molecular flexibility index (Phi) is 5.87. The smallest absolute Gasteiger partial charge is 0.396 e. The van der Waals surface area contributed by atoms with Gasteiger partial charge in [-0.15, -0.1) is 6.07 Å². The molecule has 5 aromatic rings. The van der Waals surface area contributed by atoms with E-state index in [1.807, 2.05) is 49.4 Å². The summed E-state index contributed by atoms with van der Waals surface area (Å²) in [4.78, 5) is 22.5. The van der Waals surface area contributed by atoms with Crippen molar-refractivity contribution in [2.24, 2.45) is 0 Å². The Morgan fingerprint density at radius 3 is 2.39 bits per heavy atom. The molecule has 0 amide bonds. The average molecular weight is 615 g/mol. The molecule has 0 bridgehead atoms. The zero-order valence-electron chi connectivity index (χ0n) is 18.0. The van der Waals surface area contributed by atoms with E-state index in [0.717, 1.165) is 17.1 Å². The maximum Gasteiger partial charge on any atom is 2.00 e. The normalized spacial score (nSPS) is 11.2. The van der Waals surface area contributed by atoms with Gasteiger partial charge in [-0.05, 0) is 32.9 Å². The standard InChI is InChI=1S/C23H17N9.Pt/c1-15-21-22(26-13-25-15)31(14-27-21)19-8-4-6-17(28-19)23(2,3)18-7-5-9-20(29-18)32-11-10-16(12-24)30-32;/h4-10,13H,1-3H3;/q-2;+2. The molecular weight excluding hydrogens is 597 g/mol. The van der Waals surface area contributed by atoms with Crippen LogP contribution < -0.4 is 0 Å². The van der Waals surface area contributed by atoms with Crippen LogP contribution in [0.5, 0.6) is 0 Å². The van der Waals surface area contributed by atoms with E-state index < -0.39 is 5.41 Å². The van der Waals surface area contributed by atoms with Crippen molar-refractivity contribution in [1.29, 1.82) is 5.26 Å². The molecule has 0 aliphatic heterocycles. The number of fused-ring (bicyclic) bond motifs is 1. The van der Waals surface area contributed by atoms with Gasteiger partial charge >= 0.3 is 21.1 Å². The predicted octanol–water partition coefficient (Wildman–Crippen LogP) is 2.90.